The Bertz CT molecular complexity index is 1590. The first-order valence-corrected chi connectivity index (χ1v) is 11.7. The van der Waals surface area contributed by atoms with Crippen LogP contribution in [0.4, 0.5) is 32.0 Å². The minimum absolute atomic E-state index is 0.166. The highest BCUT2D eigenvalue weighted by molar-refractivity contribution is 5.98. The molecule has 0 atom stereocenters. The molecule has 0 amide bonds. The molecule has 0 saturated carbocycles. The Hall–Kier alpha value is -4.33. The van der Waals surface area contributed by atoms with Gasteiger partial charge in [0.15, 0.2) is 0 Å². The number of halogens is 6. The Morgan fingerprint density at radius 2 is 1.47 bits per heavy atom. The van der Waals surface area contributed by atoms with Crippen LogP contribution in [0.15, 0.2) is 91.1 Å². The molecule has 0 fully saturated rings. The Morgan fingerprint density at radius 1 is 0.763 bits per heavy atom. The molecular formula is C30H20F6N2. The van der Waals surface area contributed by atoms with Gasteiger partial charge in [-0.05, 0) is 46.9 Å². The van der Waals surface area contributed by atoms with Gasteiger partial charge >= 0.3 is 6.18 Å². The van der Waals surface area contributed by atoms with Gasteiger partial charge in [0.1, 0.15) is 17.5 Å². The highest BCUT2D eigenvalue weighted by atomic mass is 19.4. The fraction of sp³-hybridized carbons (Fsp3) is 0.100. The molecule has 0 spiro atoms. The summed E-state index contributed by atoms with van der Waals surface area (Å²) in [6.45, 7) is -0.256. The molecule has 5 aromatic rings. The SMILES string of the molecule is Fc1cc(F)c(CNc2cccc(-c3c(Cc4ccccc4)cnc4c(C(F)(F)F)cccc34)c2)c(F)c1. The number of rotatable bonds is 6. The van der Waals surface area contributed by atoms with Gasteiger partial charge in [0.05, 0.1) is 11.1 Å². The van der Waals surface area contributed by atoms with Crippen molar-refractivity contribution in [3.05, 3.63) is 131 Å². The van der Waals surface area contributed by atoms with E-state index in [2.05, 4.69) is 10.3 Å². The zero-order chi connectivity index (χ0) is 26.9. The number of alkyl halides is 3. The molecule has 5 rings (SSSR count). The minimum Gasteiger partial charge on any atom is -0.381 e. The third-order valence-corrected chi connectivity index (χ3v) is 6.25. The van der Waals surface area contributed by atoms with Crippen LogP contribution < -0.4 is 5.32 Å². The van der Waals surface area contributed by atoms with Crippen LogP contribution >= 0.6 is 0 Å². The van der Waals surface area contributed by atoms with Gasteiger partial charge in [-0.15, -0.1) is 0 Å². The van der Waals surface area contributed by atoms with Crippen LogP contribution in [0.3, 0.4) is 0 Å². The molecule has 8 heteroatoms. The van der Waals surface area contributed by atoms with Crippen molar-refractivity contribution in [2.45, 2.75) is 19.1 Å². The summed E-state index contributed by atoms with van der Waals surface area (Å²) in [5, 5.41) is 3.26. The van der Waals surface area contributed by atoms with E-state index in [1.54, 1.807) is 30.3 Å². The lowest BCUT2D eigenvalue weighted by Gasteiger charge is -2.17. The number of hydrogen-bond donors (Lipinski definition) is 1. The van der Waals surface area contributed by atoms with Crippen LogP contribution in [0.25, 0.3) is 22.0 Å². The Morgan fingerprint density at radius 3 is 2.18 bits per heavy atom. The fourth-order valence-electron chi connectivity index (χ4n) is 4.50. The van der Waals surface area contributed by atoms with Crippen molar-refractivity contribution in [1.29, 1.82) is 0 Å². The molecule has 1 heterocycles. The van der Waals surface area contributed by atoms with Crippen molar-refractivity contribution < 1.29 is 26.3 Å². The van der Waals surface area contributed by atoms with E-state index in [4.69, 9.17) is 0 Å². The zero-order valence-electron chi connectivity index (χ0n) is 19.8. The van der Waals surface area contributed by atoms with E-state index in [9.17, 15) is 26.3 Å². The molecular weight excluding hydrogens is 502 g/mol. The van der Waals surface area contributed by atoms with Crippen LogP contribution in [0, 0.1) is 17.5 Å². The van der Waals surface area contributed by atoms with Gasteiger partial charge in [-0.2, -0.15) is 13.2 Å². The van der Waals surface area contributed by atoms with Crippen molar-refractivity contribution in [1.82, 2.24) is 4.98 Å². The van der Waals surface area contributed by atoms with Crippen LogP contribution in [-0.4, -0.2) is 4.98 Å². The van der Waals surface area contributed by atoms with Gasteiger partial charge in [-0.3, -0.25) is 4.98 Å². The maximum absolute atomic E-state index is 14.1. The second-order valence-corrected chi connectivity index (χ2v) is 8.80. The van der Waals surface area contributed by atoms with Crippen molar-refractivity contribution in [3.8, 4) is 11.1 Å². The number of aromatic nitrogens is 1. The molecule has 4 aromatic carbocycles. The summed E-state index contributed by atoms with van der Waals surface area (Å²) in [4.78, 5) is 4.21. The molecule has 1 aromatic heterocycles. The third kappa shape index (κ3) is 5.20. The quantitative estimate of drug-likeness (QED) is 0.226. The van der Waals surface area contributed by atoms with Crippen LogP contribution in [0.2, 0.25) is 0 Å². The zero-order valence-corrected chi connectivity index (χ0v) is 19.8. The first-order chi connectivity index (χ1) is 18.2. The first-order valence-electron chi connectivity index (χ1n) is 11.7. The molecule has 0 aliphatic carbocycles. The average Bonchev–Trinajstić information content (AvgIpc) is 2.88. The van der Waals surface area contributed by atoms with Gasteiger partial charge in [0, 0.05) is 41.5 Å². The number of nitrogens with zero attached hydrogens (tertiary/aromatic N) is 1. The topological polar surface area (TPSA) is 24.9 Å². The van der Waals surface area contributed by atoms with E-state index < -0.39 is 29.2 Å². The Labute approximate surface area is 214 Å². The second-order valence-electron chi connectivity index (χ2n) is 8.80. The molecule has 38 heavy (non-hydrogen) atoms. The number of benzene rings is 4. The van der Waals surface area contributed by atoms with E-state index in [1.807, 2.05) is 30.3 Å². The highest BCUT2D eigenvalue weighted by Gasteiger charge is 2.33. The van der Waals surface area contributed by atoms with Gasteiger partial charge in [0.2, 0.25) is 0 Å². The van der Waals surface area contributed by atoms with Crippen molar-refractivity contribution in [2.24, 2.45) is 0 Å². The lowest BCUT2D eigenvalue weighted by atomic mass is 9.91. The number of para-hydroxylation sites is 1. The molecule has 192 valence electrons. The maximum atomic E-state index is 14.1. The summed E-state index contributed by atoms with van der Waals surface area (Å²) in [6.07, 6.45) is -2.69. The molecule has 2 nitrogen and oxygen atoms in total. The van der Waals surface area contributed by atoms with E-state index in [0.717, 1.165) is 17.2 Å². The van der Waals surface area contributed by atoms with E-state index in [-0.39, 0.29) is 17.6 Å². The lowest BCUT2D eigenvalue weighted by molar-refractivity contribution is -0.136. The number of hydrogen-bond acceptors (Lipinski definition) is 2. The van der Waals surface area contributed by atoms with Gasteiger partial charge in [-0.1, -0.05) is 54.6 Å². The van der Waals surface area contributed by atoms with Crippen LogP contribution in [-0.2, 0) is 19.1 Å². The predicted octanol–water partition coefficient (Wildman–Crippen LogP) is 8.54. The molecule has 0 unspecified atom stereocenters. The van der Waals surface area contributed by atoms with Crippen molar-refractivity contribution in [3.63, 3.8) is 0 Å². The molecule has 1 N–H and O–H groups in total. The summed E-state index contributed by atoms with van der Waals surface area (Å²) in [7, 11) is 0. The minimum atomic E-state index is -4.59. The first kappa shape index (κ1) is 25.3. The summed E-state index contributed by atoms with van der Waals surface area (Å²) in [5.74, 6) is -3.05. The smallest absolute Gasteiger partial charge is 0.381 e. The number of nitrogens with one attached hydrogen (secondary N) is 1. The molecule has 0 aliphatic heterocycles. The van der Waals surface area contributed by atoms with Crippen LogP contribution in [0.1, 0.15) is 22.3 Å². The van der Waals surface area contributed by atoms with Gasteiger partial charge in [0.25, 0.3) is 0 Å². The van der Waals surface area contributed by atoms with Crippen molar-refractivity contribution in [2.75, 3.05) is 5.32 Å². The highest BCUT2D eigenvalue weighted by Crippen LogP contribution is 2.39. The monoisotopic (exact) mass is 522 g/mol. The van der Waals surface area contributed by atoms with E-state index >= 15 is 0 Å². The van der Waals surface area contributed by atoms with E-state index in [0.29, 0.717) is 40.8 Å². The Balaban J connectivity index is 1.60. The molecule has 0 aliphatic rings. The van der Waals surface area contributed by atoms with Gasteiger partial charge in [-0.25, -0.2) is 13.2 Å². The number of fused-ring (bicyclic) bond motifs is 1. The summed E-state index contributed by atoms with van der Waals surface area (Å²) >= 11 is 0. The second kappa shape index (κ2) is 10.2. The standard InChI is InChI=1S/C30H20F6N2/c31-21-14-26(32)24(27(33)15-21)17-37-22-9-4-8-19(13-22)28-20(12-18-6-2-1-3-7-18)16-38-29-23(28)10-5-11-25(29)30(34,35)36/h1-11,13-16,37H,12,17H2. The normalized spacial score (nSPS) is 11.6. The average molecular weight is 522 g/mol. The Kier molecular flexibility index (Phi) is 6.80. The maximum Gasteiger partial charge on any atom is 0.418 e. The number of pyridine rings is 1. The largest absolute Gasteiger partial charge is 0.418 e. The molecule has 0 bridgehead atoms. The lowest BCUT2D eigenvalue weighted by Crippen LogP contribution is -2.08. The van der Waals surface area contributed by atoms with Crippen LogP contribution in [0.5, 0.6) is 0 Å². The van der Waals surface area contributed by atoms with Gasteiger partial charge < -0.3 is 5.32 Å². The third-order valence-electron chi connectivity index (χ3n) is 6.25. The fourth-order valence-corrected chi connectivity index (χ4v) is 4.50. The number of anilines is 1. The molecule has 0 radical (unpaired) electrons. The van der Waals surface area contributed by atoms with Crippen molar-refractivity contribution >= 4 is 16.6 Å². The predicted molar refractivity (Wildman–Crippen MR) is 135 cm³/mol. The van der Waals surface area contributed by atoms with E-state index in [1.165, 1.54) is 12.3 Å². The summed E-state index contributed by atoms with van der Waals surface area (Å²) in [5.41, 5.74) is 2.01. The summed E-state index contributed by atoms with van der Waals surface area (Å²) < 4.78 is 82.8. The summed E-state index contributed by atoms with van der Waals surface area (Å²) in [6, 6.07) is 21.5. The molecule has 0 saturated heterocycles.